The van der Waals surface area contributed by atoms with Crippen LogP contribution in [0, 0.1) is 5.82 Å². The SMILES string of the molecule is O=C(Cc1cccc(F)c1)NCCn1cc(-c2nc(-c3ccccn3)no2)nn1. The van der Waals surface area contributed by atoms with Gasteiger partial charge in [0.05, 0.1) is 19.2 Å². The van der Waals surface area contributed by atoms with Gasteiger partial charge < -0.3 is 9.84 Å². The fourth-order valence-corrected chi connectivity index (χ4v) is 2.64. The van der Waals surface area contributed by atoms with Gasteiger partial charge in [0, 0.05) is 12.7 Å². The third-order valence-electron chi connectivity index (χ3n) is 3.99. The topological polar surface area (TPSA) is 112 Å². The van der Waals surface area contributed by atoms with Gasteiger partial charge in [0.15, 0.2) is 5.69 Å². The molecule has 3 heterocycles. The van der Waals surface area contributed by atoms with E-state index >= 15 is 0 Å². The lowest BCUT2D eigenvalue weighted by atomic mass is 10.1. The Labute approximate surface area is 164 Å². The number of nitrogens with zero attached hydrogens (tertiary/aromatic N) is 6. The summed E-state index contributed by atoms with van der Waals surface area (Å²) >= 11 is 0. The van der Waals surface area contributed by atoms with Gasteiger partial charge in [-0.2, -0.15) is 4.98 Å². The largest absolute Gasteiger partial charge is 0.354 e. The van der Waals surface area contributed by atoms with E-state index in [0.29, 0.717) is 35.9 Å². The van der Waals surface area contributed by atoms with Crippen molar-refractivity contribution in [1.82, 2.24) is 35.4 Å². The second-order valence-electron chi connectivity index (χ2n) is 6.16. The molecule has 0 aliphatic heterocycles. The second kappa shape index (κ2) is 8.38. The molecular weight excluding hydrogens is 377 g/mol. The van der Waals surface area contributed by atoms with Gasteiger partial charge >= 0.3 is 0 Å². The minimum atomic E-state index is -0.363. The Kier molecular flexibility index (Phi) is 5.32. The Balaban J connectivity index is 1.31. The minimum Gasteiger partial charge on any atom is -0.354 e. The molecule has 3 aromatic heterocycles. The van der Waals surface area contributed by atoms with E-state index in [1.807, 2.05) is 6.07 Å². The lowest BCUT2D eigenvalue weighted by Gasteiger charge is -2.05. The van der Waals surface area contributed by atoms with Crippen LogP contribution < -0.4 is 5.32 Å². The van der Waals surface area contributed by atoms with Gasteiger partial charge in [-0.25, -0.2) is 9.07 Å². The monoisotopic (exact) mass is 393 g/mol. The molecule has 10 heteroatoms. The molecule has 1 N–H and O–H groups in total. The summed E-state index contributed by atoms with van der Waals surface area (Å²) in [5.41, 5.74) is 1.63. The van der Waals surface area contributed by atoms with Gasteiger partial charge in [-0.15, -0.1) is 5.10 Å². The molecule has 0 spiro atoms. The maximum atomic E-state index is 13.2. The van der Waals surface area contributed by atoms with E-state index in [9.17, 15) is 9.18 Å². The zero-order valence-corrected chi connectivity index (χ0v) is 15.2. The molecule has 0 saturated heterocycles. The Morgan fingerprint density at radius 1 is 1.17 bits per heavy atom. The number of hydrogen-bond acceptors (Lipinski definition) is 7. The van der Waals surface area contributed by atoms with Crippen molar-refractivity contribution < 1.29 is 13.7 Å². The molecule has 4 aromatic rings. The first-order valence-electron chi connectivity index (χ1n) is 8.84. The molecule has 1 amide bonds. The van der Waals surface area contributed by atoms with Crippen LogP contribution in [0.3, 0.4) is 0 Å². The van der Waals surface area contributed by atoms with Crippen LogP contribution in [0.4, 0.5) is 4.39 Å². The Morgan fingerprint density at radius 3 is 2.93 bits per heavy atom. The number of pyridine rings is 1. The van der Waals surface area contributed by atoms with Crippen LogP contribution in [0.2, 0.25) is 0 Å². The number of carbonyl (C=O) groups excluding carboxylic acids is 1. The zero-order chi connectivity index (χ0) is 20.1. The van der Waals surface area contributed by atoms with Crippen molar-refractivity contribution in [2.24, 2.45) is 0 Å². The first-order chi connectivity index (χ1) is 14.2. The van der Waals surface area contributed by atoms with Gasteiger partial charge in [-0.05, 0) is 29.8 Å². The fraction of sp³-hybridized carbons (Fsp3) is 0.158. The number of hydrogen-bond donors (Lipinski definition) is 1. The van der Waals surface area contributed by atoms with Crippen LogP contribution in [-0.2, 0) is 17.8 Å². The van der Waals surface area contributed by atoms with Crippen molar-refractivity contribution in [3.63, 3.8) is 0 Å². The van der Waals surface area contributed by atoms with Crippen molar-refractivity contribution in [3.8, 4) is 23.1 Å². The van der Waals surface area contributed by atoms with Gasteiger partial charge in [0.1, 0.15) is 11.5 Å². The quantitative estimate of drug-likeness (QED) is 0.510. The summed E-state index contributed by atoms with van der Waals surface area (Å²) in [6.07, 6.45) is 3.40. The third kappa shape index (κ3) is 4.67. The standard InChI is InChI=1S/C19H16FN7O2/c20-14-5-3-4-13(10-14)11-17(28)22-8-9-27-12-16(24-26-27)19-23-18(25-29-19)15-6-1-2-7-21-15/h1-7,10,12H,8-9,11H2,(H,22,28). The van der Waals surface area contributed by atoms with Crippen LogP contribution in [0.5, 0.6) is 0 Å². The summed E-state index contributed by atoms with van der Waals surface area (Å²) < 4.78 is 19.9. The third-order valence-corrected chi connectivity index (χ3v) is 3.99. The highest BCUT2D eigenvalue weighted by Crippen LogP contribution is 2.18. The average Bonchev–Trinajstić information content (AvgIpc) is 3.38. The molecule has 0 fully saturated rings. The van der Waals surface area contributed by atoms with Crippen molar-refractivity contribution in [1.29, 1.82) is 0 Å². The number of aromatic nitrogens is 6. The van der Waals surface area contributed by atoms with Crippen molar-refractivity contribution in [3.05, 3.63) is 66.2 Å². The van der Waals surface area contributed by atoms with Crippen LogP contribution in [-0.4, -0.2) is 42.6 Å². The molecule has 9 nitrogen and oxygen atoms in total. The zero-order valence-electron chi connectivity index (χ0n) is 15.2. The van der Waals surface area contributed by atoms with Crippen LogP contribution in [0.1, 0.15) is 5.56 Å². The molecule has 0 aliphatic carbocycles. The second-order valence-corrected chi connectivity index (χ2v) is 6.16. The lowest BCUT2D eigenvalue weighted by molar-refractivity contribution is -0.120. The molecule has 0 atom stereocenters. The highest BCUT2D eigenvalue weighted by Gasteiger charge is 2.14. The maximum absolute atomic E-state index is 13.2. The van der Waals surface area contributed by atoms with Crippen LogP contribution >= 0.6 is 0 Å². The first-order valence-corrected chi connectivity index (χ1v) is 8.84. The number of rotatable bonds is 7. The lowest BCUT2D eigenvalue weighted by Crippen LogP contribution is -2.28. The fourth-order valence-electron chi connectivity index (χ4n) is 2.64. The van der Waals surface area contributed by atoms with Crippen molar-refractivity contribution >= 4 is 5.91 Å². The number of benzene rings is 1. The highest BCUT2D eigenvalue weighted by molar-refractivity contribution is 5.78. The molecular formula is C19H16FN7O2. The molecule has 0 saturated carbocycles. The van der Waals surface area contributed by atoms with E-state index in [-0.39, 0.29) is 24.0 Å². The normalized spacial score (nSPS) is 10.8. The molecule has 0 radical (unpaired) electrons. The summed E-state index contributed by atoms with van der Waals surface area (Å²) in [4.78, 5) is 20.4. The van der Waals surface area contributed by atoms with E-state index in [1.54, 1.807) is 41.3 Å². The smallest absolute Gasteiger partial charge is 0.280 e. The molecule has 4 rings (SSSR count). The van der Waals surface area contributed by atoms with Crippen molar-refractivity contribution in [2.75, 3.05) is 6.54 Å². The first kappa shape index (κ1) is 18.4. The molecule has 0 unspecified atom stereocenters. The Bertz CT molecular complexity index is 1110. The summed E-state index contributed by atoms with van der Waals surface area (Å²) in [5, 5.41) is 14.7. The molecule has 0 aliphatic rings. The van der Waals surface area contributed by atoms with Gasteiger partial charge in [-0.3, -0.25) is 9.78 Å². The summed E-state index contributed by atoms with van der Waals surface area (Å²) in [7, 11) is 0. The summed E-state index contributed by atoms with van der Waals surface area (Å²) in [6.45, 7) is 0.753. The van der Waals surface area contributed by atoms with Gasteiger partial charge in [0.2, 0.25) is 11.7 Å². The molecule has 146 valence electrons. The van der Waals surface area contributed by atoms with E-state index in [4.69, 9.17) is 4.52 Å². The maximum Gasteiger partial charge on any atom is 0.280 e. The summed E-state index contributed by atoms with van der Waals surface area (Å²) in [6, 6.07) is 11.4. The molecule has 0 bridgehead atoms. The number of halogens is 1. The van der Waals surface area contributed by atoms with Gasteiger partial charge in [-0.1, -0.05) is 28.6 Å². The highest BCUT2D eigenvalue weighted by atomic mass is 19.1. The van der Waals surface area contributed by atoms with E-state index in [2.05, 4.69) is 30.8 Å². The minimum absolute atomic E-state index is 0.110. The predicted molar refractivity (Wildman–Crippen MR) is 99.7 cm³/mol. The number of nitrogens with one attached hydrogen (secondary N) is 1. The van der Waals surface area contributed by atoms with Crippen molar-refractivity contribution in [2.45, 2.75) is 13.0 Å². The Hall–Kier alpha value is -3.95. The van der Waals surface area contributed by atoms with Crippen LogP contribution in [0.15, 0.2) is 59.4 Å². The molecule has 1 aromatic carbocycles. The number of amides is 1. The predicted octanol–water partition coefficient (Wildman–Crippen LogP) is 1.89. The summed E-state index contributed by atoms with van der Waals surface area (Å²) in [5.74, 6) is 0.0253. The van der Waals surface area contributed by atoms with E-state index < -0.39 is 0 Å². The van der Waals surface area contributed by atoms with Crippen LogP contribution in [0.25, 0.3) is 23.1 Å². The van der Waals surface area contributed by atoms with Gasteiger partial charge in [0.25, 0.3) is 5.89 Å². The molecule has 29 heavy (non-hydrogen) atoms. The van der Waals surface area contributed by atoms with E-state index in [0.717, 1.165) is 0 Å². The Morgan fingerprint density at radius 2 is 2.10 bits per heavy atom. The van der Waals surface area contributed by atoms with E-state index in [1.165, 1.54) is 12.1 Å². The average molecular weight is 393 g/mol. The number of carbonyl (C=O) groups is 1.